The van der Waals surface area contributed by atoms with Gasteiger partial charge in [0, 0.05) is 0 Å². The molecule has 3 rings (SSSR count). The molecule has 5 nitrogen and oxygen atoms in total. The molecule has 1 aliphatic heterocycles. The molecule has 0 aromatic heterocycles. The van der Waals surface area contributed by atoms with E-state index in [0.717, 1.165) is 44.2 Å². The standard InChI is InChI=1S/C19H26N2O3/c22-17(16-10-7-13-20-16)19(11-5-2-6-12-19)21-18(23)24-14-15-8-3-1-4-9-15/h1,3-4,8-9,16,20H,2,5-7,10-14H2,(H,21,23)/t16-/m0/s1. The number of ketones is 1. The first-order valence-electron chi connectivity index (χ1n) is 8.96. The Morgan fingerprint density at radius 2 is 1.88 bits per heavy atom. The quantitative estimate of drug-likeness (QED) is 0.871. The van der Waals surface area contributed by atoms with Gasteiger partial charge in [0.1, 0.15) is 12.1 Å². The van der Waals surface area contributed by atoms with E-state index < -0.39 is 11.6 Å². The Hall–Kier alpha value is -1.88. The highest BCUT2D eigenvalue weighted by Gasteiger charge is 2.44. The molecule has 24 heavy (non-hydrogen) atoms. The summed E-state index contributed by atoms with van der Waals surface area (Å²) >= 11 is 0. The zero-order chi connectivity index (χ0) is 16.8. The average Bonchev–Trinajstić information content (AvgIpc) is 3.15. The molecule has 1 atom stereocenters. The lowest BCUT2D eigenvalue weighted by Gasteiger charge is -2.38. The molecule has 0 radical (unpaired) electrons. The summed E-state index contributed by atoms with van der Waals surface area (Å²) < 4.78 is 5.35. The second-order valence-electron chi connectivity index (χ2n) is 6.84. The van der Waals surface area contributed by atoms with Gasteiger partial charge in [-0.15, -0.1) is 0 Å². The second kappa shape index (κ2) is 7.79. The van der Waals surface area contributed by atoms with Gasteiger partial charge in [0.05, 0.1) is 6.04 Å². The van der Waals surface area contributed by atoms with Gasteiger partial charge in [-0.2, -0.15) is 0 Å². The van der Waals surface area contributed by atoms with Crippen molar-refractivity contribution in [3.05, 3.63) is 35.9 Å². The minimum atomic E-state index is -0.756. The summed E-state index contributed by atoms with van der Waals surface area (Å²) in [6, 6.07) is 9.45. The van der Waals surface area contributed by atoms with Crippen LogP contribution in [0.15, 0.2) is 30.3 Å². The number of rotatable bonds is 5. The van der Waals surface area contributed by atoms with Crippen LogP contribution in [0.1, 0.15) is 50.5 Å². The molecular weight excluding hydrogens is 304 g/mol. The number of carbonyl (C=O) groups is 2. The van der Waals surface area contributed by atoms with Gasteiger partial charge < -0.3 is 15.4 Å². The van der Waals surface area contributed by atoms with Crippen molar-refractivity contribution in [2.75, 3.05) is 6.54 Å². The van der Waals surface area contributed by atoms with Crippen LogP contribution in [-0.2, 0) is 16.1 Å². The molecule has 1 aliphatic carbocycles. The van der Waals surface area contributed by atoms with E-state index in [1.54, 1.807) is 0 Å². The van der Waals surface area contributed by atoms with Crippen LogP contribution < -0.4 is 10.6 Å². The Balaban J connectivity index is 1.63. The van der Waals surface area contributed by atoms with Gasteiger partial charge in [0.25, 0.3) is 0 Å². The third-order valence-electron chi connectivity index (χ3n) is 5.11. The zero-order valence-electron chi connectivity index (χ0n) is 14.1. The lowest BCUT2D eigenvalue weighted by molar-refractivity contribution is -0.128. The molecule has 0 unspecified atom stereocenters. The summed E-state index contributed by atoms with van der Waals surface area (Å²) in [5, 5.41) is 6.20. The van der Waals surface area contributed by atoms with Gasteiger partial charge >= 0.3 is 6.09 Å². The van der Waals surface area contributed by atoms with Crippen LogP contribution in [0.5, 0.6) is 0 Å². The van der Waals surface area contributed by atoms with Crippen molar-refractivity contribution >= 4 is 11.9 Å². The first kappa shape index (κ1) is 17.0. The maximum Gasteiger partial charge on any atom is 0.408 e. The van der Waals surface area contributed by atoms with Crippen molar-refractivity contribution in [2.45, 2.75) is 63.1 Å². The maximum absolute atomic E-state index is 13.0. The predicted octanol–water partition coefficient (Wildman–Crippen LogP) is 2.94. The van der Waals surface area contributed by atoms with Gasteiger partial charge in [-0.3, -0.25) is 4.79 Å². The molecule has 1 saturated heterocycles. The van der Waals surface area contributed by atoms with Gasteiger partial charge in [0.2, 0.25) is 0 Å². The summed E-state index contributed by atoms with van der Waals surface area (Å²) in [6.45, 7) is 1.10. The van der Waals surface area contributed by atoms with Crippen molar-refractivity contribution in [1.29, 1.82) is 0 Å². The van der Waals surface area contributed by atoms with Crippen LogP contribution in [0.25, 0.3) is 0 Å². The van der Waals surface area contributed by atoms with Crippen molar-refractivity contribution in [3.63, 3.8) is 0 Å². The summed E-state index contributed by atoms with van der Waals surface area (Å²) in [6.07, 6.45) is 5.87. The summed E-state index contributed by atoms with van der Waals surface area (Å²) in [4.78, 5) is 25.3. The van der Waals surface area contributed by atoms with Crippen LogP contribution in [-0.4, -0.2) is 30.0 Å². The van der Waals surface area contributed by atoms with Crippen LogP contribution in [0.3, 0.4) is 0 Å². The molecule has 0 spiro atoms. The number of nitrogens with one attached hydrogen (secondary N) is 2. The SMILES string of the molecule is O=C(NC1(C(=O)[C@@H]2CCCN2)CCCCC1)OCc1ccccc1. The molecule has 2 fully saturated rings. The molecule has 2 N–H and O–H groups in total. The van der Waals surface area contributed by atoms with Crippen LogP contribution in [0.2, 0.25) is 0 Å². The smallest absolute Gasteiger partial charge is 0.408 e. The number of hydrogen-bond acceptors (Lipinski definition) is 4. The van der Waals surface area contributed by atoms with E-state index >= 15 is 0 Å². The van der Waals surface area contributed by atoms with E-state index in [2.05, 4.69) is 10.6 Å². The largest absolute Gasteiger partial charge is 0.445 e. The Labute approximate surface area is 143 Å². The van der Waals surface area contributed by atoms with E-state index in [-0.39, 0.29) is 18.4 Å². The van der Waals surface area contributed by atoms with Crippen LogP contribution in [0.4, 0.5) is 4.79 Å². The second-order valence-corrected chi connectivity index (χ2v) is 6.84. The number of amides is 1. The maximum atomic E-state index is 13.0. The monoisotopic (exact) mass is 330 g/mol. The number of hydrogen-bond donors (Lipinski definition) is 2. The van der Waals surface area contributed by atoms with Crippen molar-refractivity contribution < 1.29 is 14.3 Å². The summed E-state index contributed by atoms with van der Waals surface area (Å²) in [7, 11) is 0. The predicted molar refractivity (Wildman–Crippen MR) is 91.6 cm³/mol. The fraction of sp³-hybridized carbons (Fsp3) is 0.579. The third kappa shape index (κ3) is 3.96. The fourth-order valence-corrected chi connectivity index (χ4v) is 3.78. The first-order valence-corrected chi connectivity index (χ1v) is 8.96. The van der Waals surface area contributed by atoms with E-state index in [0.29, 0.717) is 12.8 Å². The molecule has 0 bridgehead atoms. The number of Topliss-reactive ketones (excluding diaryl/α,β-unsaturated/α-hetero) is 1. The molecular formula is C19H26N2O3. The first-order chi connectivity index (χ1) is 11.7. The summed E-state index contributed by atoms with van der Waals surface area (Å²) in [5.74, 6) is 0.136. The minimum Gasteiger partial charge on any atom is -0.445 e. The van der Waals surface area contributed by atoms with E-state index in [1.807, 2.05) is 30.3 Å². The van der Waals surface area contributed by atoms with Crippen LogP contribution >= 0.6 is 0 Å². The lowest BCUT2D eigenvalue weighted by Crippen LogP contribution is -2.60. The highest BCUT2D eigenvalue weighted by molar-refractivity contribution is 5.95. The fourth-order valence-electron chi connectivity index (χ4n) is 3.78. The molecule has 130 valence electrons. The normalized spacial score (nSPS) is 22.8. The lowest BCUT2D eigenvalue weighted by atomic mass is 9.76. The molecule has 1 heterocycles. The Morgan fingerprint density at radius 1 is 1.12 bits per heavy atom. The van der Waals surface area contributed by atoms with Crippen molar-refractivity contribution in [1.82, 2.24) is 10.6 Å². The van der Waals surface area contributed by atoms with Gasteiger partial charge in [0.15, 0.2) is 5.78 Å². The van der Waals surface area contributed by atoms with Crippen molar-refractivity contribution in [3.8, 4) is 0 Å². The number of alkyl carbamates (subject to hydrolysis) is 1. The molecule has 1 aromatic rings. The number of benzene rings is 1. The summed E-state index contributed by atoms with van der Waals surface area (Å²) in [5.41, 5.74) is 0.183. The van der Waals surface area contributed by atoms with Gasteiger partial charge in [-0.05, 0) is 37.8 Å². The van der Waals surface area contributed by atoms with Crippen molar-refractivity contribution in [2.24, 2.45) is 0 Å². The molecule has 1 aromatic carbocycles. The Morgan fingerprint density at radius 3 is 2.54 bits per heavy atom. The zero-order valence-corrected chi connectivity index (χ0v) is 14.1. The third-order valence-corrected chi connectivity index (χ3v) is 5.11. The highest BCUT2D eigenvalue weighted by Crippen LogP contribution is 2.31. The average molecular weight is 330 g/mol. The highest BCUT2D eigenvalue weighted by atomic mass is 16.5. The van der Waals surface area contributed by atoms with E-state index in [4.69, 9.17) is 4.74 Å². The Kier molecular flexibility index (Phi) is 5.51. The van der Waals surface area contributed by atoms with Crippen LogP contribution in [0, 0.1) is 0 Å². The molecule has 2 aliphatic rings. The van der Waals surface area contributed by atoms with E-state index in [9.17, 15) is 9.59 Å². The topological polar surface area (TPSA) is 67.4 Å². The molecule has 1 saturated carbocycles. The molecule has 5 heteroatoms. The van der Waals surface area contributed by atoms with Gasteiger partial charge in [-0.1, -0.05) is 49.6 Å². The minimum absolute atomic E-state index is 0.127. The van der Waals surface area contributed by atoms with E-state index in [1.165, 1.54) is 0 Å². The molecule has 1 amide bonds. The van der Waals surface area contributed by atoms with Gasteiger partial charge in [-0.25, -0.2) is 4.79 Å². The Bertz CT molecular complexity index is 561. The number of carbonyl (C=O) groups excluding carboxylic acids is 2. The number of ether oxygens (including phenoxy) is 1.